The molecular formula is C7H11N5O3. The second-order valence-corrected chi connectivity index (χ2v) is 2.59. The number of likely N-dealkylation sites (N-methyl/N-ethyl adjacent to an activating group) is 1. The van der Waals surface area contributed by atoms with Gasteiger partial charge in [-0.05, 0) is 0 Å². The Morgan fingerprint density at radius 3 is 2.93 bits per heavy atom. The molecule has 0 bridgehead atoms. The molecule has 0 aromatic carbocycles. The van der Waals surface area contributed by atoms with Gasteiger partial charge in [-0.1, -0.05) is 5.21 Å². The Kier molecular flexibility index (Phi) is 3.61. The highest BCUT2D eigenvalue weighted by atomic mass is 16.5. The molecule has 1 aromatic rings. The first-order valence-corrected chi connectivity index (χ1v) is 4.11. The van der Waals surface area contributed by atoms with E-state index in [1.54, 1.807) is 0 Å². The average molecular weight is 213 g/mol. The highest BCUT2D eigenvalue weighted by Gasteiger charge is 2.06. The number of hydrogen-bond donors (Lipinski definition) is 2. The number of carbonyl (C=O) groups excluding carboxylic acids is 2. The fraction of sp³-hybridized carbons (Fsp3) is 0.429. The van der Waals surface area contributed by atoms with Crippen molar-refractivity contribution in [1.82, 2.24) is 20.3 Å². The molecule has 0 radical (unpaired) electrons. The summed E-state index contributed by atoms with van der Waals surface area (Å²) in [5, 5.41) is 12.0. The molecule has 2 N–H and O–H groups in total. The maximum absolute atomic E-state index is 11.0. The lowest BCUT2D eigenvalue weighted by Crippen LogP contribution is -2.23. The summed E-state index contributed by atoms with van der Waals surface area (Å²) >= 11 is 0. The van der Waals surface area contributed by atoms with E-state index in [0.717, 1.165) is 0 Å². The number of aromatic nitrogens is 3. The van der Waals surface area contributed by atoms with Crippen LogP contribution in [0.2, 0.25) is 0 Å². The van der Waals surface area contributed by atoms with Gasteiger partial charge in [0.25, 0.3) is 0 Å². The Labute approximate surface area is 85.6 Å². The molecule has 1 rings (SSSR count). The van der Waals surface area contributed by atoms with Gasteiger partial charge in [-0.2, -0.15) is 0 Å². The lowest BCUT2D eigenvalue weighted by molar-refractivity contribution is -0.121. The molecule has 8 heteroatoms. The third kappa shape index (κ3) is 3.25. The van der Waals surface area contributed by atoms with Gasteiger partial charge in [0.15, 0.2) is 5.82 Å². The lowest BCUT2D eigenvalue weighted by atomic mass is 10.6. The quantitative estimate of drug-likeness (QED) is 0.685. The molecule has 0 atom stereocenters. The summed E-state index contributed by atoms with van der Waals surface area (Å²) in [6.45, 7) is 0.0480. The van der Waals surface area contributed by atoms with Crippen molar-refractivity contribution in [2.45, 2.75) is 6.54 Å². The van der Waals surface area contributed by atoms with Crippen molar-refractivity contribution in [2.75, 3.05) is 19.5 Å². The van der Waals surface area contributed by atoms with Crippen molar-refractivity contribution in [3.05, 3.63) is 6.20 Å². The molecule has 1 aromatic heterocycles. The van der Waals surface area contributed by atoms with Gasteiger partial charge in [-0.15, -0.1) is 5.10 Å². The summed E-state index contributed by atoms with van der Waals surface area (Å²) in [4.78, 5) is 21.7. The van der Waals surface area contributed by atoms with Crippen LogP contribution in [0.4, 0.5) is 10.6 Å². The van der Waals surface area contributed by atoms with Gasteiger partial charge >= 0.3 is 6.09 Å². The van der Waals surface area contributed by atoms with E-state index in [4.69, 9.17) is 0 Å². The molecule has 82 valence electrons. The van der Waals surface area contributed by atoms with Crippen LogP contribution in [0.25, 0.3) is 0 Å². The molecule has 8 nitrogen and oxygen atoms in total. The minimum atomic E-state index is -0.637. The first kappa shape index (κ1) is 11.0. The fourth-order valence-electron chi connectivity index (χ4n) is 0.815. The number of amides is 2. The second-order valence-electron chi connectivity index (χ2n) is 2.59. The molecule has 0 aliphatic rings. The van der Waals surface area contributed by atoms with Gasteiger partial charge in [0, 0.05) is 7.05 Å². The molecule has 0 aliphatic carbocycles. The number of nitrogens with one attached hydrogen (secondary N) is 2. The summed E-state index contributed by atoms with van der Waals surface area (Å²) in [7, 11) is 2.76. The summed E-state index contributed by atoms with van der Waals surface area (Å²) in [6, 6.07) is 0. The smallest absolute Gasteiger partial charge is 0.412 e. The molecule has 0 aliphatic heterocycles. The zero-order chi connectivity index (χ0) is 11.3. The maximum Gasteiger partial charge on any atom is 0.412 e. The largest absolute Gasteiger partial charge is 0.453 e. The van der Waals surface area contributed by atoms with Crippen molar-refractivity contribution in [3.63, 3.8) is 0 Å². The number of carbonyl (C=O) groups is 2. The van der Waals surface area contributed by atoms with Crippen LogP contribution in [0.5, 0.6) is 0 Å². The van der Waals surface area contributed by atoms with Gasteiger partial charge in [0.1, 0.15) is 6.54 Å². The van der Waals surface area contributed by atoms with Crippen LogP contribution in [-0.4, -0.2) is 41.2 Å². The van der Waals surface area contributed by atoms with Gasteiger partial charge in [-0.25, -0.2) is 9.48 Å². The van der Waals surface area contributed by atoms with Crippen LogP contribution < -0.4 is 10.6 Å². The molecule has 0 unspecified atom stereocenters. The first-order chi connectivity index (χ1) is 7.15. The molecule has 0 saturated carbocycles. The van der Waals surface area contributed by atoms with Gasteiger partial charge < -0.3 is 10.1 Å². The van der Waals surface area contributed by atoms with Crippen molar-refractivity contribution in [2.24, 2.45) is 0 Å². The van der Waals surface area contributed by atoms with E-state index >= 15 is 0 Å². The number of methoxy groups -OCH3 is 1. The topological polar surface area (TPSA) is 98.1 Å². The zero-order valence-electron chi connectivity index (χ0n) is 8.35. The molecule has 1 heterocycles. The van der Waals surface area contributed by atoms with Gasteiger partial charge in [0.2, 0.25) is 5.91 Å². The molecule has 0 spiro atoms. The molecule has 15 heavy (non-hydrogen) atoms. The molecule has 0 saturated heterocycles. The predicted octanol–water partition coefficient (Wildman–Crippen LogP) is -0.798. The fourth-order valence-corrected chi connectivity index (χ4v) is 0.815. The number of anilines is 1. The number of rotatable bonds is 3. The number of ether oxygens (including phenoxy) is 1. The van der Waals surface area contributed by atoms with Crippen molar-refractivity contribution >= 4 is 17.8 Å². The highest BCUT2D eigenvalue weighted by Crippen LogP contribution is 1.99. The minimum absolute atomic E-state index is 0.0480. The van der Waals surface area contributed by atoms with Crippen LogP contribution >= 0.6 is 0 Å². The standard InChI is InChI=1S/C7H11N5O3/c1-8-6(13)4-12-3-5(10-11-12)9-7(14)15-2/h3H,4H2,1-2H3,(H,8,13)(H,9,14). The van der Waals surface area contributed by atoms with Gasteiger partial charge in [-0.3, -0.25) is 10.1 Å². The van der Waals surface area contributed by atoms with E-state index in [0.29, 0.717) is 0 Å². The van der Waals surface area contributed by atoms with E-state index in [1.807, 2.05) is 0 Å². The third-order valence-electron chi connectivity index (χ3n) is 1.54. The number of hydrogen-bond acceptors (Lipinski definition) is 5. The molecule has 2 amide bonds. The normalized spacial score (nSPS) is 9.47. The Morgan fingerprint density at radius 1 is 1.60 bits per heavy atom. The summed E-state index contributed by atoms with van der Waals surface area (Å²) in [5.41, 5.74) is 0. The average Bonchev–Trinajstić information content (AvgIpc) is 2.65. The zero-order valence-corrected chi connectivity index (χ0v) is 8.35. The predicted molar refractivity (Wildman–Crippen MR) is 50.1 cm³/mol. The van der Waals surface area contributed by atoms with Crippen molar-refractivity contribution in [3.8, 4) is 0 Å². The van der Waals surface area contributed by atoms with Gasteiger partial charge in [0.05, 0.1) is 13.3 Å². The van der Waals surface area contributed by atoms with Crippen LogP contribution in [0.1, 0.15) is 0 Å². The van der Waals surface area contributed by atoms with Crippen molar-refractivity contribution in [1.29, 1.82) is 0 Å². The Bertz CT molecular complexity index is 329. The van der Waals surface area contributed by atoms with E-state index < -0.39 is 6.09 Å². The Hall–Kier alpha value is -2.12. The minimum Gasteiger partial charge on any atom is -0.453 e. The number of nitrogens with zero attached hydrogens (tertiary/aromatic N) is 3. The van der Waals surface area contributed by atoms with E-state index in [1.165, 1.54) is 25.0 Å². The summed E-state index contributed by atoms with van der Waals surface area (Å²) in [6.07, 6.45) is 0.786. The molecule has 0 fully saturated rings. The summed E-state index contributed by atoms with van der Waals surface area (Å²) < 4.78 is 5.66. The lowest BCUT2D eigenvalue weighted by Gasteiger charge is -1.98. The van der Waals surface area contributed by atoms with E-state index in [9.17, 15) is 9.59 Å². The Morgan fingerprint density at radius 2 is 2.33 bits per heavy atom. The van der Waals surface area contributed by atoms with E-state index in [-0.39, 0.29) is 18.3 Å². The SMILES string of the molecule is CNC(=O)Cn1cc(NC(=O)OC)nn1. The van der Waals surface area contributed by atoms with Crippen LogP contribution in [0, 0.1) is 0 Å². The first-order valence-electron chi connectivity index (χ1n) is 4.11. The second kappa shape index (κ2) is 4.94. The van der Waals surface area contributed by atoms with Crippen LogP contribution in [0.15, 0.2) is 6.20 Å². The highest BCUT2D eigenvalue weighted by molar-refractivity contribution is 5.82. The maximum atomic E-state index is 11.0. The van der Waals surface area contributed by atoms with Crippen molar-refractivity contribution < 1.29 is 14.3 Å². The molecular weight excluding hydrogens is 202 g/mol. The van der Waals surface area contributed by atoms with Crippen LogP contribution in [0.3, 0.4) is 0 Å². The third-order valence-corrected chi connectivity index (χ3v) is 1.54. The monoisotopic (exact) mass is 213 g/mol. The summed E-state index contributed by atoms with van der Waals surface area (Å²) in [5.74, 6) is 0.0234. The van der Waals surface area contributed by atoms with Crippen LogP contribution in [-0.2, 0) is 16.1 Å². The Balaban J connectivity index is 2.56. The van der Waals surface area contributed by atoms with E-state index in [2.05, 4.69) is 25.7 Å².